The number of fused-ring (bicyclic) bond motifs is 1. The van der Waals surface area contributed by atoms with E-state index in [1.165, 1.54) is 0 Å². The van der Waals surface area contributed by atoms with Crippen LogP contribution in [0.3, 0.4) is 0 Å². The van der Waals surface area contributed by atoms with Crippen LogP contribution in [0.25, 0.3) is 0 Å². The van der Waals surface area contributed by atoms with Crippen LogP contribution in [0, 0.1) is 0 Å². The molecule has 2 N–H and O–H groups in total. The maximum Gasteiger partial charge on any atom is 0.265 e. The summed E-state index contributed by atoms with van der Waals surface area (Å²) < 4.78 is 5.42. The third kappa shape index (κ3) is 4.61. The van der Waals surface area contributed by atoms with Gasteiger partial charge in [0.05, 0.1) is 5.69 Å². The molecular formula is C17H24ClN3O3. The number of ether oxygens (including phenoxy) is 1. The normalized spacial score (nSPS) is 19.2. The highest BCUT2D eigenvalue weighted by Crippen LogP contribution is 2.31. The average Bonchev–Trinajstić information content (AvgIpc) is 3.06. The smallest absolute Gasteiger partial charge is 0.265 e. The molecule has 2 aliphatic rings. The highest BCUT2D eigenvalue weighted by Gasteiger charge is 2.24. The number of amides is 2. The van der Waals surface area contributed by atoms with Crippen molar-refractivity contribution in [3.8, 4) is 5.75 Å². The van der Waals surface area contributed by atoms with Gasteiger partial charge >= 0.3 is 0 Å². The highest BCUT2D eigenvalue weighted by atomic mass is 35.5. The molecular weight excluding hydrogens is 330 g/mol. The van der Waals surface area contributed by atoms with Gasteiger partial charge in [-0.05, 0) is 37.9 Å². The molecule has 1 aromatic carbocycles. The van der Waals surface area contributed by atoms with Crippen LogP contribution in [-0.2, 0) is 9.59 Å². The van der Waals surface area contributed by atoms with Crippen molar-refractivity contribution in [2.24, 2.45) is 0 Å². The number of para-hydroxylation sites is 2. The maximum absolute atomic E-state index is 12.0. The third-order valence-corrected chi connectivity index (χ3v) is 4.28. The summed E-state index contributed by atoms with van der Waals surface area (Å²) in [7, 11) is 0. The fourth-order valence-electron chi connectivity index (χ4n) is 3.09. The Balaban J connectivity index is 0.00000208. The lowest BCUT2D eigenvalue weighted by molar-refractivity contribution is -0.121. The molecule has 0 saturated carbocycles. The van der Waals surface area contributed by atoms with Gasteiger partial charge in [-0.3, -0.25) is 9.59 Å². The molecule has 24 heavy (non-hydrogen) atoms. The first-order chi connectivity index (χ1) is 11.2. The Kier molecular flexibility index (Phi) is 6.87. The van der Waals surface area contributed by atoms with E-state index in [-0.39, 0.29) is 30.8 Å². The number of benzene rings is 1. The molecule has 0 bridgehead atoms. The first kappa shape index (κ1) is 18.5. The number of hydrogen-bond acceptors (Lipinski definition) is 4. The van der Waals surface area contributed by atoms with Crippen LogP contribution < -0.4 is 20.3 Å². The molecule has 0 radical (unpaired) electrons. The van der Waals surface area contributed by atoms with Crippen molar-refractivity contribution < 1.29 is 14.3 Å². The molecule has 132 valence electrons. The van der Waals surface area contributed by atoms with Gasteiger partial charge in [0, 0.05) is 25.6 Å². The van der Waals surface area contributed by atoms with Crippen LogP contribution in [-0.4, -0.2) is 44.1 Å². The van der Waals surface area contributed by atoms with Gasteiger partial charge in [-0.2, -0.15) is 0 Å². The van der Waals surface area contributed by atoms with E-state index in [4.69, 9.17) is 4.74 Å². The van der Waals surface area contributed by atoms with Gasteiger partial charge in [0.15, 0.2) is 6.61 Å². The molecule has 3 rings (SSSR count). The van der Waals surface area contributed by atoms with Gasteiger partial charge < -0.3 is 20.3 Å². The summed E-state index contributed by atoms with van der Waals surface area (Å²) >= 11 is 0. The summed E-state index contributed by atoms with van der Waals surface area (Å²) in [4.78, 5) is 25.6. The zero-order valence-electron chi connectivity index (χ0n) is 13.6. The Bertz CT molecular complexity index is 576. The molecule has 1 atom stereocenters. The number of hydrogen-bond donors (Lipinski definition) is 2. The minimum Gasteiger partial charge on any atom is -0.482 e. The average molecular weight is 354 g/mol. The standard InChI is InChI=1S/C17H23N3O3.ClH/c21-16(11-13-5-3-8-18-13)19-9-4-10-20-14-6-1-2-7-15(14)23-12-17(20)22;/h1-2,6-7,13,18H,3-5,8-12H2,(H,19,21);1H. The first-order valence-electron chi connectivity index (χ1n) is 8.26. The van der Waals surface area contributed by atoms with E-state index in [0.717, 1.165) is 37.2 Å². The Morgan fingerprint density at radius 3 is 3.00 bits per heavy atom. The quantitative estimate of drug-likeness (QED) is 0.760. The van der Waals surface area contributed by atoms with Gasteiger partial charge in [0.25, 0.3) is 5.91 Å². The Morgan fingerprint density at radius 1 is 1.38 bits per heavy atom. The topological polar surface area (TPSA) is 70.7 Å². The molecule has 2 amide bonds. The van der Waals surface area contributed by atoms with Crippen LogP contribution in [0.2, 0.25) is 0 Å². The summed E-state index contributed by atoms with van der Waals surface area (Å²) in [5, 5.41) is 6.26. The van der Waals surface area contributed by atoms with Crippen LogP contribution in [0.5, 0.6) is 5.75 Å². The molecule has 2 aliphatic heterocycles. The van der Waals surface area contributed by atoms with E-state index in [2.05, 4.69) is 10.6 Å². The Hall–Kier alpha value is -1.79. The fourth-order valence-corrected chi connectivity index (χ4v) is 3.09. The molecule has 1 fully saturated rings. The van der Waals surface area contributed by atoms with Crippen LogP contribution in [0.4, 0.5) is 5.69 Å². The molecule has 0 aromatic heterocycles. The van der Waals surface area contributed by atoms with Crippen molar-refractivity contribution in [2.75, 3.05) is 31.1 Å². The molecule has 1 unspecified atom stereocenters. The van der Waals surface area contributed by atoms with Crippen LogP contribution in [0.15, 0.2) is 24.3 Å². The second-order valence-corrected chi connectivity index (χ2v) is 6.00. The first-order valence-corrected chi connectivity index (χ1v) is 8.26. The van der Waals surface area contributed by atoms with Crippen molar-refractivity contribution in [2.45, 2.75) is 31.7 Å². The SMILES string of the molecule is Cl.O=C(CC1CCCN1)NCCCN1C(=O)COc2ccccc21. The Morgan fingerprint density at radius 2 is 2.21 bits per heavy atom. The molecule has 1 aromatic rings. The van der Waals surface area contributed by atoms with E-state index in [1.807, 2.05) is 24.3 Å². The van der Waals surface area contributed by atoms with Gasteiger partial charge in [0.2, 0.25) is 5.91 Å². The number of carbonyl (C=O) groups excluding carboxylic acids is 2. The zero-order chi connectivity index (χ0) is 16.1. The second-order valence-electron chi connectivity index (χ2n) is 6.00. The number of carbonyl (C=O) groups is 2. The number of anilines is 1. The monoisotopic (exact) mass is 353 g/mol. The Labute approximate surface area is 148 Å². The molecule has 2 heterocycles. The summed E-state index contributed by atoms with van der Waals surface area (Å²) in [5.74, 6) is 0.784. The van der Waals surface area contributed by atoms with Crippen molar-refractivity contribution in [1.82, 2.24) is 10.6 Å². The van der Waals surface area contributed by atoms with Crippen LogP contribution >= 0.6 is 12.4 Å². The fraction of sp³-hybridized carbons (Fsp3) is 0.529. The number of rotatable bonds is 6. The van der Waals surface area contributed by atoms with Crippen molar-refractivity contribution in [1.29, 1.82) is 0 Å². The second kappa shape index (κ2) is 8.89. The van der Waals surface area contributed by atoms with Gasteiger partial charge in [-0.1, -0.05) is 12.1 Å². The number of nitrogens with one attached hydrogen (secondary N) is 2. The zero-order valence-corrected chi connectivity index (χ0v) is 14.4. The molecule has 0 spiro atoms. The van der Waals surface area contributed by atoms with E-state index in [9.17, 15) is 9.59 Å². The van der Waals surface area contributed by atoms with Crippen molar-refractivity contribution in [3.63, 3.8) is 0 Å². The summed E-state index contributed by atoms with van der Waals surface area (Å²) in [6.07, 6.45) is 3.49. The minimum atomic E-state index is -0.0369. The van der Waals surface area contributed by atoms with Gasteiger partial charge in [0.1, 0.15) is 5.75 Å². The molecule has 1 saturated heterocycles. The number of halogens is 1. The van der Waals surface area contributed by atoms with E-state index in [0.29, 0.717) is 25.6 Å². The van der Waals surface area contributed by atoms with E-state index < -0.39 is 0 Å². The van der Waals surface area contributed by atoms with Gasteiger partial charge in [-0.15, -0.1) is 12.4 Å². The predicted octanol–water partition coefficient (Wildman–Crippen LogP) is 1.48. The largest absolute Gasteiger partial charge is 0.482 e. The maximum atomic E-state index is 12.0. The van der Waals surface area contributed by atoms with E-state index >= 15 is 0 Å². The van der Waals surface area contributed by atoms with Crippen LogP contribution in [0.1, 0.15) is 25.7 Å². The van der Waals surface area contributed by atoms with Crippen molar-refractivity contribution in [3.05, 3.63) is 24.3 Å². The number of nitrogens with zero attached hydrogens (tertiary/aromatic N) is 1. The summed E-state index contributed by atoms with van der Waals surface area (Å²) in [6, 6.07) is 7.86. The lowest BCUT2D eigenvalue weighted by atomic mass is 10.1. The van der Waals surface area contributed by atoms with E-state index in [1.54, 1.807) is 4.90 Å². The third-order valence-electron chi connectivity index (χ3n) is 4.28. The molecule has 6 nitrogen and oxygen atoms in total. The molecule has 7 heteroatoms. The predicted molar refractivity (Wildman–Crippen MR) is 94.8 cm³/mol. The van der Waals surface area contributed by atoms with Crippen molar-refractivity contribution >= 4 is 29.9 Å². The highest BCUT2D eigenvalue weighted by molar-refractivity contribution is 5.97. The lowest BCUT2D eigenvalue weighted by Crippen LogP contribution is -2.40. The molecule has 0 aliphatic carbocycles. The summed E-state index contributed by atoms with van der Waals surface area (Å²) in [5.41, 5.74) is 0.810. The van der Waals surface area contributed by atoms with Gasteiger partial charge in [-0.25, -0.2) is 0 Å². The minimum absolute atomic E-state index is 0. The summed E-state index contributed by atoms with van der Waals surface area (Å²) in [6.45, 7) is 2.26. The lowest BCUT2D eigenvalue weighted by Gasteiger charge is -2.29.